The van der Waals surface area contributed by atoms with E-state index in [4.69, 9.17) is 52.6 Å². The van der Waals surface area contributed by atoms with Crippen LogP contribution in [0.1, 0.15) is 91.5 Å². The first-order chi connectivity index (χ1) is 39.3. The number of aliphatic hydroxyl groups is 1. The molecular formula is C57H75Cl2N9O15. The number of ether oxygens (including phenoxy) is 5. The Balaban J connectivity index is 1.17. The number of rotatable bonds is 22. The Morgan fingerprint density at radius 2 is 1.75 bits per heavy atom. The minimum atomic E-state index is -1.91. The van der Waals surface area contributed by atoms with Gasteiger partial charge in [0, 0.05) is 70.4 Å². The lowest BCUT2D eigenvalue weighted by Gasteiger charge is -2.42. The molecule has 24 nitrogen and oxygen atoms in total. The van der Waals surface area contributed by atoms with Crippen LogP contribution in [0.4, 0.5) is 31.4 Å². The van der Waals surface area contributed by atoms with Crippen molar-refractivity contribution < 1.29 is 71.9 Å². The van der Waals surface area contributed by atoms with E-state index in [1.807, 2.05) is 13.0 Å². The number of nitrogens with two attached hydrogens (primary N) is 1. The van der Waals surface area contributed by atoms with Gasteiger partial charge >= 0.3 is 18.2 Å². The number of epoxide rings is 1. The van der Waals surface area contributed by atoms with Crippen molar-refractivity contribution in [1.29, 1.82) is 0 Å². The fraction of sp³-hybridized carbons (Fsp3) is 0.526. The van der Waals surface area contributed by atoms with Crippen molar-refractivity contribution in [2.75, 3.05) is 56.4 Å². The number of carbonyl (C=O) groups excluding carboxylic acids is 9. The zero-order valence-corrected chi connectivity index (χ0v) is 49.3. The maximum Gasteiger partial charge on any atom is 0.412 e. The summed E-state index contributed by atoms with van der Waals surface area (Å²) >= 11 is 13.6. The first kappa shape index (κ1) is 65.1. The van der Waals surface area contributed by atoms with Gasteiger partial charge in [-0.2, -0.15) is 0 Å². The second kappa shape index (κ2) is 28.5. The molecule has 2 aromatic carbocycles. The maximum absolute atomic E-state index is 14.4. The average Bonchev–Trinajstić information content (AvgIpc) is 3.01. The number of aldehydes is 1. The fourth-order valence-electron chi connectivity index (χ4n) is 10.2. The summed E-state index contributed by atoms with van der Waals surface area (Å²) in [5.41, 5.74) is 2.74. The van der Waals surface area contributed by atoms with E-state index in [0.717, 1.165) is 16.0 Å². The summed E-state index contributed by atoms with van der Waals surface area (Å²) in [6, 6.07) is 5.94. The number of alkyl carbamates (subject to hydrolysis) is 1. The number of primary amides is 1. The lowest BCUT2D eigenvalue weighted by atomic mass is 9.83. The summed E-state index contributed by atoms with van der Waals surface area (Å²) < 4.78 is 29.4. The largest absolute Gasteiger partial charge is 0.495 e. The van der Waals surface area contributed by atoms with Crippen LogP contribution in [0.3, 0.4) is 0 Å². The molecule has 9 amide bonds. The van der Waals surface area contributed by atoms with Crippen molar-refractivity contribution in [3.05, 3.63) is 81.9 Å². The van der Waals surface area contributed by atoms with Crippen molar-refractivity contribution in [3.63, 3.8) is 0 Å². The second-order valence-electron chi connectivity index (χ2n) is 21.7. The smallest absolute Gasteiger partial charge is 0.412 e. The highest BCUT2D eigenvalue weighted by atomic mass is 35.5. The predicted molar refractivity (Wildman–Crippen MR) is 308 cm³/mol. The zero-order chi connectivity index (χ0) is 61.0. The van der Waals surface area contributed by atoms with Crippen LogP contribution in [0, 0.1) is 11.8 Å². The zero-order valence-electron chi connectivity index (χ0n) is 47.8. The summed E-state index contributed by atoms with van der Waals surface area (Å²) in [5, 5.41) is 28.4. The van der Waals surface area contributed by atoms with Crippen LogP contribution in [-0.4, -0.2) is 152 Å². The number of unbranched alkanes of at least 4 members (excludes halogenated alkanes) is 2. The maximum atomic E-state index is 14.4. The van der Waals surface area contributed by atoms with Crippen molar-refractivity contribution >= 4 is 94.3 Å². The molecule has 4 heterocycles. The SMILES string of the molecule is COc1cc2cc(c1Cl)N(C)C(=O)C[C@H](OC(=O)Nc1ccc(NC(=O)[C@H](CCCNC(N)=O)NC[C@](C=O)(NC(=O)CCCCCN3C(=O)C=CC3=O)C(C)C)c(Cl)c1)[C@]1(C)O[C@H]1[C@H](C)[C@@H]1C[C@@](O)(NC(=O)O1)[C@H](OC)/C=C/C=C(\C)C2. The summed E-state index contributed by atoms with van der Waals surface area (Å²) in [5.74, 6) is -3.07. The van der Waals surface area contributed by atoms with E-state index in [1.54, 1.807) is 52.0 Å². The number of allylic oxidation sites excluding steroid dienone is 3. The normalized spacial score (nSPS) is 25.6. The van der Waals surface area contributed by atoms with Crippen molar-refractivity contribution in [1.82, 2.24) is 26.2 Å². The molecule has 0 saturated carbocycles. The second-order valence-corrected chi connectivity index (χ2v) is 22.5. The number of benzene rings is 2. The third kappa shape index (κ3) is 16.6. The van der Waals surface area contributed by atoms with Crippen LogP contribution < -0.4 is 47.3 Å². The highest BCUT2D eigenvalue weighted by Gasteiger charge is 2.64. The van der Waals surface area contributed by atoms with Gasteiger partial charge in [-0.1, -0.05) is 74.2 Å². The van der Waals surface area contributed by atoms with Crippen molar-refractivity contribution in [2.24, 2.45) is 17.6 Å². The van der Waals surface area contributed by atoms with Crippen LogP contribution >= 0.6 is 23.2 Å². The fourth-order valence-corrected chi connectivity index (χ4v) is 10.8. The third-order valence-corrected chi connectivity index (χ3v) is 16.1. The van der Waals surface area contributed by atoms with E-state index >= 15 is 0 Å². The number of nitrogens with zero attached hydrogens (tertiary/aromatic N) is 2. The minimum absolute atomic E-state index is 0.0183. The quantitative estimate of drug-likeness (QED) is 0.0309. The number of imide groups is 1. The lowest BCUT2D eigenvalue weighted by Crippen LogP contribution is -2.63. The number of amides is 9. The molecule has 9 atom stereocenters. The summed E-state index contributed by atoms with van der Waals surface area (Å²) in [4.78, 5) is 119. The Hall–Kier alpha value is -7.09. The number of halogens is 2. The molecule has 4 aliphatic heterocycles. The number of fused-ring (bicyclic) bond motifs is 5. The molecule has 9 N–H and O–H groups in total. The molecular weight excluding hydrogens is 1120 g/mol. The summed E-state index contributed by atoms with van der Waals surface area (Å²) in [6.07, 6.45) is 3.98. The van der Waals surface area contributed by atoms with Gasteiger partial charge in [-0.3, -0.25) is 39.5 Å². The molecule has 0 aromatic heterocycles. The predicted octanol–water partition coefficient (Wildman–Crippen LogP) is 5.57. The number of hydrogen-bond donors (Lipinski definition) is 8. The van der Waals surface area contributed by atoms with E-state index < -0.39 is 102 Å². The Morgan fingerprint density at radius 1 is 1.02 bits per heavy atom. The van der Waals surface area contributed by atoms with E-state index in [2.05, 4.69) is 31.9 Å². The van der Waals surface area contributed by atoms with Crippen LogP contribution in [0.15, 0.2) is 66.3 Å². The van der Waals surface area contributed by atoms with Crippen LogP contribution in [0.5, 0.6) is 5.75 Å². The van der Waals surface area contributed by atoms with Crippen molar-refractivity contribution in [2.45, 2.75) is 140 Å². The molecule has 2 saturated heterocycles. The number of hydrogen-bond acceptors (Lipinski definition) is 16. The first-order valence-electron chi connectivity index (χ1n) is 27.3. The molecule has 0 radical (unpaired) electrons. The highest BCUT2D eigenvalue weighted by Crippen LogP contribution is 2.49. The van der Waals surface area contributed by atoms with Gasteiger partial charge in [0.1, 0.15) is 46.5 Å². The first-order valence-corrected chi connectivity index (χ1v) is 28.1. The van der Waals surface area contributed by atoms with E-state index in [-0.39, 0.29) is 78.6 Å². The summed E-state index contributed by atoms with van der Waals surface area (Å²) in [7, 11) is 4.38. The van der Waals surface area contributed by atoms with Crippen molar-refractivity contribution in [3.8, 4) is 5.75 Å². The molecule has 2 aromatic rings. The van der Waals surface area contributed by atoms with Crippen LogP contribution in [0.2, 0.25) is 10.0 Å². The molecule has 6 rings (SSSR count). The molecule has 83 heavy (non-hydrogen) atoms. The number of methoxy groups -OCH3 is 2. The Bertz CT molecular complexity index is 2870. The molecule has 26 heteroatoms. The number of urea groups is 1. The lowest BCUT2D eigenvalue weighted by molar-refractivity contribution is -0.142. The molecule has 2 fully saturated rings. The van der Waals surface area contributed by atoms with E-state index in [0.29, 0.717) is 43.4 Å². The topological polar surface area (TPSA) is 328 Å². The Kier molecular flexibility index (Phi) is 22.3. The number of anilines is 3. The van der Waals surface area contributed by atoms with Gasteiger partial charge < -0.3 is 65.5 Å². The third-order valence-electron chi connectivity index (χ3n) is 15.4. The Morgan fingerprint density at radius 3 is 2.40 bits per heavy atom. The highest BCUT2D eigenvalue weighted by molar-refractivity contribution is 6.35. The monoisotopic (exact) mass is 1200 g/mol. The van der Waals surface area contributed by atoms with Gasteiger partial charge in [-0.15, -0.1) is 0 Å². The molecule has 4 bridgehead atoms. The van der Waals surface area contributed by atoms with Gasteiger partial charge in [0.25, 0.3) is 11.8 Å². The van der Waals surface area contributed by atoms with Gasteiger partial charge in [-0.05, 0) is 87.8 Å². The molecule has 0 spiro atoms. The number of carbonyl (C=O) groups is 9. The van der Waals surface area contributed by atoms with Crippen LogP contribution in [-0.2, 0) is 54.1 Å². The summed E-state index contributed by atoms with van der Waals surface area (Å²) in [6.45, 7) is 8.94. The molecule has 452 valence electrons. The van der Waals surface area contributed by atoms with Gasteiger partial charge in [0.2, 0.25) is 17.7 Å². The van der Waals surface area contributed by atoms with E-state index in [1.165, 1.54) is 56.5 Å². The molecule has 4 aliphatic rings. The van der Waals surface area contributed by atoms with E-state index in [9.17, 15) is 48.3 Å². The Labute approximate surface area is 491 Å². The van der Waals surface area contributed by atoms with Gasteiger partial charge in [0.05, 0.1) is 42.1 Å². The standard InChI is InChI=1S/C57H75Cl2N9O15/c1-32(2)56(31-69,65-45(70)17-10-9-11-23-68-46(71)20-21-47(68)72)30-62-39(15-13-22-61-52(60)75)51(74)64-38-19-18-36(27-37(38)58)63-53(76)82-44-28-48(73)67(6)40-25-35(26-41(79-7)49(40)59)24-33(3)14-12-16-43(80-8)57(78)29-42(81-54(77)66-57)34(4)50-55(44,5)83-50/h12,14,16,18-21,25-27,31-32,34,39,42-44,50,62,78H,9-11,13,15,17,22-24,28-30H2,1-8H3,(H,63,76)(H,64,74)(H,65,70)(H,66,77)(H3,60,61,75)/b16-12+,33-14+/t34-,39+,42+,43-,44+,50+,55+,56-,57+/m1/s1. The van der Waals surface area contributed by atoms with Gasteiger partial charge in [0.15, 0.2) is 5.72 Å². The molecule has 0 aliphatic carbocycles. The average molecular weight is 1200 g/mol. The number of nitrogens with one attached hydrogen (secondary N) is 6. The van der Waals surface area contributed by atoms with Crippen LogP contribution in [0.25, 0.3) is 0 Å². The molecule has 0 unspecified atom stereocenters. The minimum Gasteiger partial charge on any atom is -0.495 e. The van der Waals surface area contributed by atoms with Gasteiger partial charge in [-0.25, -0.2) is 14.4 Å².